The molecule has 0 saturated carbocycles. The molecule has 2 aromatic carbocycles. The first-order valence-electron chi connectivity index (χ1n) is 13.5. The summed E-state index contributed by atoms with van der Waals surface area (Å²) < 4.78 is 26.3. The third kappa shape index (κ3) is 5.98. The smallest absolute Gasteiger partial charge is 0.410 e. The Bertz CT molecular complexity index is 1600. The van der Waals surface area contributed by atoms with Gasteiger partial charge in [0.2, 0.25) is 0 Å². The maximum Gasteiger partial charge on any atom is 0.410 e. The number of aryl methyl sites for hydroxylation is 1. The van der Waals surface area contributed by atoms with Crippen molar-refractivity contribution in [2.75, 3.05) is 25.9 Å². The van der Waals surface area contributed by atoms with Crippen LogP contribution in [-0.4, -0.2) is 62.3 Å². The number of aromatic nitrogens is 4. The van der Waals surface area contributed by atoms with Gasteiger partial charge in [-0.05, 0) is 57.4 Å². The molecule has 1 unspecified atom stereocenters. The van der Waals surface area contributed by atoms with Gasteiger partial charge in [0.05, 0.1) is 24.1 Å². The van der Waals surface area contributed by atoms with Crippen molar-refractivity contribution >= 4 is 28.7 Å². The molecule has 3 heterocycles. The van der Waals surface area contributed by atoms with E-state index >= 15 is 0 Å². The highest BCUT2D eigenvalue weighted by atomic mass is 19.1. The Labute approximate surface area is 237 Å². The molecule has 1 atom stereocenters. The zero-order chi connectivity index (χ0) is 29.3. The SMILES string of the molecule is COc1ccc(F)cc1C(=O)CCc1ccc(-c2nn(C3CCN(C(=O)OC(C)(C)C)C3)c3ncnc(N)c23)cc1. The molecule has 214 valence electrons. The van der Waals surface area contributed by atoms with E-state index in [9.17, 15) is 14.0 Å². The standard InChI is InChI=1S/C30H33FN6O4/c1-30(2,3)41-29(39)36-14-13-21(16-36)37-28-25(27(32)33-17-34-28)26(35-37)19-8-5-18(6-9-19)7-11-23(38)22-15-20(31)10-12-24(22)40-4/h5-6,8-10,12,15,17,21H,7,11,13-14,16H2,1-4H3,(H2,32,33,34). The Hall–Kier alpha value is -4.54. The molecule has 0 spiro atoms. The van der Waals surface area contributed by atoms with Gasteiger partial charge in [0.15, 0.2) is 11.4 Å². The lowest BCUT2D eigenvalue weighted by molar-refractivity contribution is 0.0288. The zero-order valence-corrected chi connectivity index (χ0v) is 23.6. The van der Waals surface area contributed by atoms with Crippen LogP contribution in [0.1, 0.15) is 55.6 Å². The Morgan fingerprint density at radius 2 is 1.88 bits per heavy atom. The van der Waals surface area contributed by atoms with Crippen LogP contribution in [-0.2, 0) is 11.2 Å². The monoisotopic (exact) mass is 560 g/mol. The summed E-state index contributed by atoms with van der Waals surface area (Å²) in [4.78, 5) is 35.7. The van der Waals surface area contributed by atoms with Gasteiger partial charge in [0.25, 0.3) is 0 Å². The largest absolute Gasteiger partial charge is 0.496 e. The summed E-state index contributed by atoms with van der Waals surface area (Å²) in [6, 6.07) is 11.5. The van der Waals surface area contributed by atoms with Gasteiger partial charge in [-0.3, -0.25) is 4.79 Å². The fourth-order valence-corrected chi connectivity index (χ4v) is 5.01. The Kier molecular flexibility index (Phi) is 7.61. The second kappa shape index (κ2) is 11.1. The first kappa shape index (κ1) is 28.0. The van der Waals surface area contributed by atoms with Gasteiger partial charge in [0, 0.05) is 25.1 Å². The Morgan fingerprint density at radius 1 is 1.12 bits per heavy atom. The Morgan fingerprint density at radius 3 is 2.59 bits per heavy atom. The van der Waals surface area contributed by atoms with Gasteiger partial charge < -0.3 is 20.1 Å². The number of carbonyl (C=O) groups excluding carboxylic acids is 2. The first-order chi connectivity index (χ1) is 19.5. The number of likely N-dealkylation sites (tertiary alicyclic amines) is 1. The fraction of sp³-hybridized carbons (Fsp3) is 0.367. The number of amides is 1. The highest BCUT2D eigenvalue weighted by molar-refractivity contribution is 5.99. The number of ketones is 1. The lowest BCUT2D eigenvalue weighted by Gasteiger charge is -2.24. The maximum atomic E-state index is 13.7. The van der Waals surface area contributed by atoms with Crippen molar-refractivity contribution in [1.29, 1.82) is 0 Å². The third-order valence-electron chi connectivity index (χ3n) is 7.01. The molecule has 1 amide bonds. The number of carbonyl (C=O) groups is 2. The van der Waals surface area contributed by atoms with Crippen molar-refractivity contribution in [3.8, 4) is 17.0 Å². The predicted octanol–water partition coefficient (Wildman–Crippen LogP) is 5.22. The molecule has 10 nitrogen and oxygen atoms in total. The van der Waals surface area contributed by atoms with Crippen molar-refractivity contribution in [2.45, 2.75) is 51.7 Å². The second-order valence-corrected chi connectivity index (χ2v) is 11.1. The van der Waals surface area contributed by atoms with E-state index in [4.69, 9.17) is 20.3 Å². The number of benzene rings is 2. The normalized spacial score (nSPS) is 15.3. The summed E-state index contributed by atoms with van der Waals surface area (Å²) in [5.41, 5.74) is 8.94. The van der Waals surface area contributed by atoms with E-state index in [0.717, 1.165) is 11.1 Å². The molecule has 11 heteroatoms. The molecule has 4 aromatic rings. The number of hydrogen-bond acceptors (Lipinski definition) is 8. The van der Waals surface area contributed by atoms with Gasteiger partial charge in [-0.15, -0.1) is 0 Å². The van der Waals surface area contributed by atoms with Gasteiger partial charge in [0.1, 0.15) is 35.0 Å². The number of nitrogen functional groups attached to an aromatic ring is 1. The van der Waals surface area contributed by atoms with E-state index in [1.165, 1.54) is 31.6 Å². The summed E-state index contributed by atoms with van der Waals surface area (Å²) in [5.74, 6) is -0.0110. The molecule has 0 bridgehead atoms. The number of Topliss-reactive ketones (excluding diaryl/α,β-unsaturated/α-hetero) is 1. The van der Waals surface area contributed by atoms with Crippen molar-refractivity contribution in [1.82, 2.24) is 24.6 Å². The third-order valence-corrected chi connectivity index (χ3v) is 7.01. The van der Waals surface area contributed by atoms with Crippen LogP contribution in [0.15, 0.2) is 48.8 Å². The van der Waals surface area contributed by atoms with Crippen LogP contribution in [0.3, 0.4) is 0 Å². The summed E-state index contributed by atoms with van der Waals surface area (Å²) in [5, 5.41) is 5.54. The molecule has 1 saturated heterocycles. The minimum atomic E-state index is -0.575. The summed E-state index contributed by atoms with van der Waals surface area (Å²) in [7, 11) is 1.45. The van der Waals surface area contributed by atoms with Crippen LogP contribution in [0.25, 0.3) is 22.3 Å². The van der Waals surface area contributed by atoms with E-state index in [-0.39, 0.29) is 29.9 Å². The van der Waals surface area contributed by atoms with Gasteiger partial charge >= 0.3 is 6.09 Å². The predicted molar refractivity (Wildman–Crippen MR) is 152 cm³/mol. The Balaban J connectivity index is 1.35. The molecular formula is C30H33FN6O4. The number of fused-ring (bicyclic) bond motifs is 1. The van der Waals surface area contributed by atoms with Crippen LogP contribution in [0, 0.1) is 5.82 Å². The second-order valence-electron chi connectivity index (χ2n) is 11.1. The summed E-state index contributed by atoms with van der Waals surface area (Å²) in [6.45, 7) is 6.52. The number of nitrogens with zero attached hydrogens (tertiary/aromatic N) is 5. The number of ether oxygens (including phenoxy) is 2. The van der Waals surface area contributed by atoms with Gasteiger partial charge in [-0.1, -0.05) is 24.3 Å². The van der Waals surface area contributed by atoms with E-state index in [1.54, 1.807) is 4.90 Å². The highest BCUT2D eigenvalue weighted by Crippen LogP contribution is 2.34. The van der Waals surface area contributed by atoms with Crippen LogP contribution in [0.2, 0.25) is 0 Å². The van der Waals surface area contributed by atoms with Crippen molar-refractivity contribution in [3.63, 3.8) is 0 Å². The molecule has 1 aliphatic heterocycles. The van der Waals surface area contributed by atoms with Crippen LogP contribution < -0.4 is 10.5 Å². The lowest BCUT2D eigenvalue weighted by atomic mass is 10.00. The number of nitrogens with two attached hydrogens (primary N) is 1. The molecule has 0 aliphatic carbocycles. The number of halogens is 1. The topological polar surface area (TPSA) is 125 Å². The van der Waals surface area contributed by atoms with E-state index in [0.29, 0.717) is 54.2 Å². The van der Waals surface area contributed by atoms with Crippen molar-refractivity contribution in [2.24, 2.45) is 0 Å². The quantitative estimate of drug-likeness (QED) is 0.305. The number of anilines is 1. The molecule has 0 radical (unpaired) electrons. The van der Waals surface area contributed by atoms with Crippen LogP contribution in [0.5, 0.6) is 5.75 Å². The molecule has 41 heavy (non-hydrogen) atoms. The van der Waals surface area contributed by atoms with Gasteiger partial charge in [-0.25, -0.2) is 23.8 Å². The van der Waals surface area contributed by atoms with E-state index in [1.807, 2.05) is 49.7 Å². The van der Waals surface area contributed by atoms with Crippen molar-refractivity contribution in [3.05, 3.63) is 65.7 Å². The molecule has 1 aliphatic rings. The minimum Gasteiger partial charge on any atom is -0.496 e. The summed E-state index contributed by atoms with van der Waals surface area (Å²) >= 11 is 0. The maximum absolute atomic E-state index is 13.7. The summed E-state index contributed by atoms with van der Waals surface area (Å²) in [6.07, 6.45) is 2.43. The number of methoxy groups -OCH3 is 1. The molecular weight excluding hydrogens is 527 g/mol. The molecule has 2 aromatic heterocycles. The van der Waals surface area contributed by atoms with E-state index < -0.39 is 11.4 Å². The number of hydrogen-bond donors (Lipinski definition) is 1. The zero-order valence-electron chi connectivity index (χ0n) is 23.6. The minimum absolute atomic E-state index is 0.0989. The molecule has 5 rings (SSSR count). The highest BCUT2D eigenvalue weighted by Gasteiger charge is 2.33. The average molecular weight is 561 g/mol. The fourth-order valence-electron chi connectivity index (χ4n) is 5.01. The van der Waals surface area contributed by atoms with Gasteiger partial charge in [-0.2, -0.15) is 5.10 Å². The molecule has 1 fully saturated rings. The molecule has 2 N–H and O–H groups in total. The van der Waals surface area contributed by atoms with Crippen LogP contribution >= 0.6 is 0 Å². The van der Waals surface area contributed by atoms with E-state index in [2.05, 4.69) is 9.97 Å². The average Bonchev–Trinajstić information content (AvgIpc) is 3.57. The lowest BCUT2D eigenvalue weighted by Crippen LogP contribution is -2.35. The number of rotatable bonds is 7. The van der Waals surface area contributed by atoms with Crippen LogP contribution in [0.4, 0.5) is 15.0 Å². The van der Waals surface area contributed by atoms with Crippen molar-refractivity contribution < 1.29 is 23.5 Å². The first-order valence-corrected chi connectivity index (χ1v) is 13.5.